The molecular weight excluding hydrogens is 202 g/mol. The molecule has 74 valence electrons. The summed E-state index contributed by atoms with van der Waals surface area (Å²) in [6.07, 6.45) is 0. The molecule has 0 N–H and O–H groups in total. The lowest BCUT2D eigenvalue weighted by Gasteiger charge is -2.10. The molecule has 0 aliphatic carbocycles. The van der Waals surface area contributed by atoms with Crippen LogP contribution in [0.3, 0.4) is 0 Å². The van der Waals surface area contributed by atoms with Gasteiger partial charge in [0.05, 0.1) is 20.3 Å². The topological polar surface area (TPSA) is 42.2 Å². The van der Waals surface area contributed by atoms with Crippen molar-refractivity contribution in [1.29, 1.82) is 5.26 Å². The fourth-order valence-corrected chi connectivity index (χ4v) is 1.28. The molecule has 1 atom stereocenters. The number of rotatable bonds is 3. The summed E-state index contributed by atoms with van der Waals surface area (Å²) in [6.45, 7) is 0. The highest BCUT2D eigenvalue weighted by Gasteiger charge is 2.13. The van der Waals surface area contributed by atoms with Crippen molar-refractivity contribution in [3.05, 3.63) is 23.8 Å². The van der Waals surface area contributed by atoms with Gasteiger partial charge >= 0.3 is 0 Å². The van der Waals surface area contributed by atoms with Crippen LogP contribution in [0.5, 0.6) is 11.5 Å². The molecule has 0 saturated heterocycles. The van der Waals surface area contributed by atoms with Crippen LogP contribution >= 0.6 is 11.6 Å². The lowest BCUT2D eigenvalue weighted by Crippen LogP contribution is -1.94. The third-order valence-corrected chi connectivity index (χ3v) is 2.16. The SMILES string of the molecule is COc1ccc(OC)c(C(Cl)C#N)c1. The summed E-state index contributed by atoms with van der Waals surface area (Å²) in [4.78, 5) is 0. The van der Waals surface area contributed by atoms with Crippen LogP contribution in [0.25, 0.3) is 0 Å². The van der Waals surface area contributed by atoms with Gasteiger partial charge in [0.15, 0.2) is 0 Å². The number of hydrogen-bond donors (Lipinski definition) is 0. The average molecular weight is 212 g/mol. The van der Waals surface area contributed by atoms with E-state index in [1.165, 1.54) is 7.11 Å². The van der Waals surface area contributed by atoms with Crippen LogP contribution in [0.1, 0.15) is 10.9 Å². The zero-order valence-corrected chi connectivity index (χ0v) is 8.71. The Morgan fingerprint density at radius 1 is 1.36 bits per heavy atom. The highest BCUT2D eigenvalue weighted by molar-refractivity contribution is 6.22. The second-order valence-electron chi connectivity index (χ2n) is 2.60. The van der Waals surface area contributed by atoms with Gasteiger partial charge in [-0.1, -0.05) is 0 Å². The normalized spacial score (nSPS) is 11.6. The van der Waals surface area contributed by atoms with Gasteiger partial charge in [-0.15, -0.1) is 11.6 Å². The quantitative estimate of drug-likeness (QED) is 0.722. The van der Waals surface area contributed by atoms with E-state index in [0.717, 1.165) is 0 Å². The number of methoxy groups -OCH3 is 2. The van der Waals surface area contributed by atoms with E-state index >= 15 is 0 Å². The number of nitrogens with zero attached hydrogens (tertiary/aromatic N) is 1. The van der Waals surface area contributed by atoms with Gasteiger partial charge in [-0.3, -0.25) is 0 Å². The molecule has 0 amide bonds. The summed E-state index contributed by atoms with van der Waals surface area (Å²) < 4.78 is 10.1. The Bertz CT molecular complexity index is 360. The van der Waals surface area contributed by atoms with E-state index in [9.17, 15) is 0 Å². The summed E-state index contributed by atoms with van der Waals surface area (Å²) in [5.74, 6) is 1.24. The number of ether oxygens (including phenoxy) is 2. The highest BCUT2D eigenvalue weighted by Crippen LogP contribution is 2.32. The molecule has 0 aliphatic heterocycles. The summed E-state index contributed by atoms with van der Waals surface area (Å²) in [5, 5.41) is 7.97. The van der Waals surface area contributed by atoms with Gasteiger partial charge in [-0.05, 0) is 18.2 Å². The molecule has 0 radical (unpaired) electrons. The third-order valence-electron chi connectivity index (χ3n) is 1.82. The van der Waals surface area contributed by atoms with Crippen LogP contribution in [0.4, 0.5) is 0 Å². The molecule has 14 heavy (non-hydrogen) atoms. The van der Waals surface area contributed by atoms with E-state index in [1.54, 1.807) is 25.3 Å². The first kappa shape index (κ1) is 10.7. The van der Waals surface area contributed by atoms with Gasteiger partial charge in [0.1, 0.15) is 16.9 Å². The van der Waals surface area contributed by atoms with E-state index in [-0.39, 0.29) is 0 Å². The van der Waals surface area contributed by atoms with Crippen molar-refractivity contribution in [1.82, 2.24) is 0 Å². The minimum Gasteiger partial charge on any atom is -0.497 e. The Kier molecular flexibility index (Phi) is 3.61. The van der Waals surface area contributed by atoms with Gasteiger partial charge in [-0.2, -0.15) is 5.26 Å². The first-order chi connectivity index (χ1) is 6.72. The van der Waals surface area contributed by atoms with Gasteiger partial charge in [-0.25, -0.2) is 0 Å². The van der Waals surface area contributed by atoms with E-state index in [4.69, 9.17) is 26.3 Å². The highest BCUT2D eigenvalue weighted by atomic mass is 35.5. The molecule has 1 aromatic rings. The van der Waals surface area contributed by atoms with Crippen LogP contribution < -0.4 is 9.47 Å². The number of halogens is 1. The first-order valence-corrected chi connectivity index (χ1v) is 4.42. The number of hydrogen-bond acceptors (Lipinski definition) is 3. The first-order valence-electron chi connectivity index (χ1n) is 3.98. The van der Waals surface area contributed by atoms with E-state index in [0.29, 0.717) is 17.1 Å². The molecule has 4 heteroatoms. The number of benzene rings is 1. The maximum absolute atomic E-state index is 8.69. The lowest BCUT2D eigenvalue weighted by atomic mass is 10.1. The lowest BCUT2D eigenvalue weighted by molar-refractivity contribution is 0.399. The Hall–Kier alpha value is -1.40. The molecule has 1 rings (SSSR count). The minimum atomic E-state index is -0.722. The molecular formula is C10H10ClNO2. The van der Waals surface area contributed by atoms with E-state index in [1.807, 2.05) is 6.07 Å². The monoisotopic (exact) mass is 211 g/mol. The Morgan fingerprint density at radius 3 is 2.57 bits per heavy atom. The molecule has 0 spiro atoms. The molecule has 0 bridgehead atoms. The minimum absolute atomic E-state index is 0.590. The molecule has 1 aromatic carbocycles. The van der Waals surface area contributed by atoms with Crippen molar-refractivity contribution in [3.63, 3.8) is 0 Å². The van der Waals surface area contributed by atoms with Gasteiger partial charge in [0.25, 0.3) is 0 Å². The van der Waals surface area contributed by atoms with Crippen molar-refractivity contribution < 1.29 is 9.47 Å². The van der Waals surface area contributed by atoms with Crippen LogP contribution in [-0.4, -0.2) is 14.2 Å². The van der Waals surface area contributed by atoms with Gasteiger partial charge in [0, 0.05) is 5.56 Å². The maximum atomic E-state index is 8.69. The van der Waals surface area contributed by atoms with Crippen molar-refractivity contribution in [2.24, 2.45) is 0 Å². The van der Waals surface area contributed by atoms with Crippen LogP contribution in [0.2, 0.25) is 0 Å². The van der Waals surface area contributed by atoms with Crippen molar-refractivity contribution in [3.8, 4) is 17.6 Å². The van der Waals surface area contributed by atoms with E-state index in [2.05, 4.69) is 0 Å². The fraction of sp³-hybridized carbons (Fsp3) is 0.300. The smallest absolute Gasteiger partial charge is 0.149 e. The van der Waals surface area contributed by atoms with Crippen molar-refractivity contribution in [2.75, 3.05) is 14.2 Å². The van der Waals surface area contributed by atoms with Crippen LogP contribution in [-0.2, 0) is 0 Å². The fourth-order valence-electron chi connectivity index (χ4n) is 1.11. The summed E-state index contributed by atoms with van der Waals surface area (Å²) in [7, 11) is 3.09. The van der Waals surface area contributed by atoms with E-state index < -0.39 is 5.38 Å². The molecule has 1 unspecified atom stereocenters. The van der Waals surface area contributed by atoms with Crippen LogP contribution in [0, 0.1) is 11.3 Å². The Balaban J connectivity index is 3.16. The predicted octanol–water partition coefficient (Wildman–Crippen LogP) is 2.51. The maximum Gasteiger partial charge on any atom is 0.149 e. The van der Waals surface area contributed by atoms with Crippen molar-refractivity contribution >= 4 is 11.6 Å². The Morgan fingerprint density at radius 2 is 2.07 bits per heavy atom. The zero-order valence-electron chi connectivity index (χ0n) is 7.95. The molecule has 0 aromatic heterocycles. The summed E-state index contributed by atoms with van der Waals surface area (Å²) in [5.41, 5.74) is 0.621. The summed E-state index contributed by atoms with van der Waals surface area (Å²) >= 11 is 5.81. The summed E-state index contributed by atoms with van der Waals surface area (Å²) in [6, 6.07) is 7.11. The molecule has 0 fully saturated rings. The molecule has 3 nitrogen and oxygen atoms in total. The second kappa shape index (κ2) is 4.73. The standard InChI is InChI=1S/C10H10ClNO2/c1-13-7-3-4-10(14-2)8(5-7)9(11)6-12/h3-5,9H,1-2H3. The number of nitriles is 1. The zero-order chi connectivity index (χ0) is 10.6. The van der Waals surface area contributed by atoms with Crippen LogP contribution in [0.15, 0.2) is 18.2 Å². The molecule has 0 saturated carbocycles. The van der Waals surface area contributed by atoms with Gasteiger partial charge < -0.3 is 9.47 Å². The molecule has 0 aliphatic rings. The third kappa shape index (κ3) is 2.09. The van der Waals surface area contributed by atoms with Gasteiger partial charge in [0.2, 0.25) is 0 Å². The molecule has 0 heterocycles. The Labute approximate surface area is 87.8 Å². The average Bonchev–Trinajstić information content (AvgIpc) is 2.27. The second-order valence-corrected chi connectivity index (χ2v) is 3.04. The largest absolute Gasteiger partial charge is 0.497 e. The van der Waals surface area contributed by atoms with Crippen molar-refractivity contribution in [2.45, 2.75) is 5.38 Å². The number of alkyl halides is 1. The predicted molar refractivity (Wildman–Crippen MR) is 53.8 cm³/mol.